The number of hydrogen-bond donors (Lipinski definition) is 2. The number of anilines is 1. The molecule has 14 nitrogen and oxygen atoms in total. The van der Waals surface area contributed by atoms with Crippen LogP contribution in [0.25, 0.3) is 0 Å². The molecule has 3 aromatic rings. The van der Waals surface area contributed by atoms with Crippen molar-refractivity contribution in [3.8, 4) is 17.6 Å². The number of carbonyl (C=O) groups is 4. The standard InChI is InChI=1S/C53H66Cl2N8O6/c1-52(2,42-30-39(33-56)49(47(55)32-42)68-29-20-54)41-7-10-45(11-8-41)69-36-43-13-21-58-22-16-53(17-23-59-37-60-43)18-26-62(27-19-53)34-38-14-24-63(25-15-38)44-9-12-46(40(31-44)35-65)51(67)61(4)48(6-5-28-64)50(66)57-3/h7-13,21,28,30-32,35,37-38,48H,5-6,14-20,22-27,29,34,36H2,1-4H3,(H,57,66)(H,59,60)/b43-13-,58-21-. The minimum absolute atomic E-state index is 0.141. The Labute approximate surface area is 417 Å². The van der Waals surface area contributed by atoms with Gasteiger partial charge in [-0.1, -0.05) is 37.6 Å². The Morgan fingerprint density at radius 1 is 1.03 bits per heavy atom. The van der Waals surface area contributed by atoms with E-state index in [0.29, 0.717) is 40.2 Å². The van der Waals surface area contributed by atoms with Gasteiger partial charge in [0.15, 0.2) is 12.0 Å². The molecule has 6 rings (SSSR count). The van der Waals surface area contributed by atoms with E-state index in [0.717, 1.165) is 113 Å². The number of benzene rings is 3. The number of nitrogens with zero attached hydrogens (tertiary/aromatic N) is 6. The minimum atomic E-state index is -0.820. The highest BCUT2D eigenvalue weighted by atomic mass is 35.5. The van der Waals surface area contributed by atoms with Gasteiger partial charge in [-0.3, -0.25) is 19.4 Å². The van der Waals surface area contributed by atoms with Gasteiger partial charge in [-0.25, -0.2) is 4.99 Å². The predicted octanol–water partition coefficient (Wildman–Crippen LogP) is 7.88. The van der Waals surface area contributed by atoms with E-state index in [1.807, 2.05) is 54.8 Å². The van der Waals surface area contributed by atoms with E-state index in [1.165, 1.54) is 19.0 Å². The lowest BCUT2D eigenvalue weighted by Crippen LogP contribution is -2.47. The van der Waals surface area contributed by atoms with E-state index >= 15 is 0 Å². The van der Waals surface area contributed by atoms with E-state index < -0.39 is 17.4 Å². The summed E-state index contributed by atoms with van der Waals surface area (Å²) in [6.45, 7) is 11.2. The first kappa shape index (κ1) is 52.6. The van der Waals surface area contributed by atoms with Crippen molar-refractivity contribution < 1.29 is 28.7 Å². The fourth-order valence-corrected chi connectivity index (χ4v) is 9.98. The number of likely N-dealkylation sites (tertiary alicyclic amines) is 1. The lowest BCUT2D eigenvalue weighted by Gasteiger charge is -2.44. The molecular formula is C53H66Cl2N8O6. The Bertz CT molecular complexity index is 2380. The molecule has 3 heterocycles. The van der Waals surface area contributed by atoms with Gasteiger partial charge in [-0.2, -0.15) is 5.26 Å². The van der Waals surface area contributed by atoms with Gasteiger partial charge in [0.1, 0.15) is 37.4 Å². The van der Waals surface area contributed by atoms with E-state index in [1.54, 1.807) is 18.5 Å². The molecule has 0 radical (unpaired) electrons. The number of aliphatic imine (C=N–C) groups is 2. The number of rotatable bonds is 18. The van der Waals surface area contributed by atoms with E-state index in [4.69, 9.17) is 42.7 Å². The van der Waals surface area contributed by atoms with Crippen molar-refractivity contribution in [1.82, 2.24) is 20.4 Å². The zero-order chi connectivity index (χ0) is 49.4. The van der Waals surface area contributed by atoms with Gasteiger partial charge in [0, 0.05) is 76.1 Å². The molecule has 2 N–H and O–H groups in total. The monoisotopic (exact) mass is 980 g/mol. The van der Waals surface area contributed by atoms with Crippen molar-refractivity contribution in [3.05, 3.63) is 99.2 Å². The van der Waals surface area contributed by atoms with Crippen LogP contribution in [0.1, 0.15) is 103 Å². The maximum Gasteiger partial charge on any atom is 0.255 e. The highest BCUT2D eigenvalue weighted by Gasteiger charge is 2.35. The van der Waals surface area contributed by atoms with Crippen molar-refractivity contribution in [1.29, 1.82) is 5.26 Å². The van der Waals surface area contributed by atoms with Crippen LogP contribution in [0, 0.1) is 22.7 Å². The molecule has 69 heavy (non-hydrogen) atoms. The Morgan fingerprint density at radius 2 is 1.78 bits per heavy atom. The molecule has 0 bridgehead atoms. The summed E-state index contributed by atoms with van der Waals surface area (Å²) in [7, 11) is 3.02. The molecule has 16 heteroatoms. The fourth-order valence-electron chi connectivity index (χ4n) is 9.63. The van der Waals surface area contributed by atoms with Crippen LogP contribution in [-0.2, 0) is 15.0 Å². The second kappa shape index (κ2) is 25.2. The molecule has 3 aromatic carbocycles. The number of aldehydes is 2. The summed E-state index contributed by atoms with van der Waals surface area (Å²) in [5, 5.41) is 16.2. The first-order valence-electron chi connectivity index (χ1n) is 23.9. The number of nitriles is 1. The minimum Gasteiger partial charge on any atom is -0.489 e. The highest BCUT2D eigenvalue weighted by Crippen LogP contribution is 2.40. The molecule has 3 aliphatic rings. The van der Waals surface area contributed by atoms with Gasteiger partial charge < -0.3 is 39.6 Å². The Kier molecular flexibility index (Phi) is 19.2. The number of hydrogen-bond acceptors (Lipinski definition) is 12. The van der Waals surface area contributed by atoms with Gasteiger partial charge in [-0.15, -0.1) is 11.6 Å². The number of amides is 2. The van der Waals surface area contributed by atoms with Gasteiger partial charge in [0.05, 0.1) is 34.1 Å². The molecule has 0 saturated carbocycles. The van der Waals surface area contributed by atoms with Gasteiger partial charge in [0.25, 0.3) is 5.91 Å². The summed E-state index contributed by atoms with van der Waals surface area (Å²) in [6, 6.07) is 18.3. The number of nitrogens with one attached hydrogen (secondary N) is 2. The van der Waals surface area contributed by atoms with Gasteiger partial charge in [-0.05, 0) is 129 Å². The van der Waals surface area contributed by atoms with Crippen LogP contribution in [0.5, 0.6) is 11.5 Å². The molecule has 2 fully saturated rings. The van der Waals surface area contributed by atoms with Crippen molar-refractivity contribution in [3.63, 3.8) is 0 Å². The lowest BCUT2D eigenvalue weighted by atomic mass is 9.73. The van der Waals surface area contributed by atoms with Crippen LogP contribution in [0.15, 0.2) is 76.4 Å². The fraction of sp³-hybridized carbons (Fsp3) is 0.491. The van der Waals surface area contributed by atoms with Crippen LogP contribution >= 0.6 is 23.2 Å². The molecule has 1 unspecified atom stereocenters. The third-order valence-corrected chi connectivity index (χ3v) is 14.6. The quantitative estimate of drug-likeness (QED) is 0.0945. The van der Waals surface area contributed by atoms with Crippen molar-refractivity contribution in [2.45, 2.75) is 76.7 Å². The number of ether oxygens (including phenoxy) is 2. The molecule has 0 aromatic heterocycles. The number of halogens is 2. The molecule has 1 spiro atoms. The second-order valence-corrected chi connectivity index (χ2v) is 19.5. The molecule has 0 aliphatic carbocycles. The first-order valence-corrected chi connectivity index (χ1v) is 24.9. The molecule has 368 valence electrons. The number of carbonyl (C=O) groups excluding carboxylic acids is 4. The van der Waals surface area contributed by atoms with Gasteiger partial charge >= 0.3 is 0 Å². The molecule has 1 atom stereocenters. The van der Waals surface area contributed by atoms with Crippen molar-refractivity contribution in [2.24, 2.45) is 21.3 Å². The van der Waals surface area contributed by atoms with E-state index in [2.05, 4.69) is 40.4 Å². The average Bonchev–Trinajstić information content (AvgIpc) is 3.36. The van der Waals surface area contributed by atoms with Crippen molar-refractivity contribution in [2.75, 3.05) is 83.9 Å². The molecule has 3 aliphatic heterocycles. The van der Waals surface area contributed by atoms with Crippen LogP contribution in [0.3, 0.4) is 0 Å². The summed E-state index contributed by atoms with van der Waals surface area (Å²) >= 11 is 12.4. The highest BCUT2D eigenvalue weighted by molar-refractivity contribution is 6.32. The number of allylic oxidation sites excluding steroid dienone is 1. The predicted molar refractivity (Wildman–Crippen MR) is 274 cm³/mol. The zero-order valence-corrected chi connectivity index (χ0v) is 41.9. The zero-order valence-electron chi connectivity index (χ0n) is 40.4. The molecule has 2 amide bonds. The van der Waals surface area contributed by atoms with Gasteiger partial charge in [0.2, 0.25) is 5.91 Å². The third-order valence-electron chi connectivity index (χ3n) is 14.1. The smallest absolute Gasteiger partial charge is 0.255 e. The largest absolute Gasteiger partial charge is 0.489 e. The summed E-state index contributed by atoms with van der Waals surface area (Å²) < 4.78 is 11.8. The van der Waals surface area contributed by atoms with Crippen LogP contribution in [-0.4, -0.2) is 132 Å². The van der Waals surface area contributed by atoms with E-state index in [9.17, 15) is 24.4 Å². The Morgan fingerprint density at radius 3 is 2.46 bits per heavy atom. The summed E-state index contributed by atoms with van der Waals surface area (Å²) in [6.07, 6.45) is 13.7. The average molecular weight is 982 g/mol. The Hall–Kier alpha value is -5.75. The first-order chi connectivity index (χ1) is 33.3. The third kappa shape index (κ3) is 13.7. The van der Waals surface area contributed by atoms with Crippen LogP contribution in [0.4, 0.5) is 5.69 Å². The van der Waals surface area contributed by atoms with E-state index in [-0.39, 0.29) is 48.5 Å². The summed E-state index contributed by atoms with van der Waals surface area (Å²) in [4.78, 5) is 64.9. The van der Waals surface area contributed by atoms with Crippen LogP contribution in [0.2, 0.25) is 5.02 Å². The maximum atomic E-state index is 13.5. The number of alkyl halides is 1. The Balaban J connectivity index is 0.954. The molecule has 2 saturated heterocycles. The SMILES string of the molecule is CNC(=O)C(CCC=O)N(C)C(=O)c1ccc(N2CCC(CN3CCC4(CC\N=C/C=C(COc5ccc(C(C)(C)c6cc(Cl)c(OCCCl)c(C#N)c6)cc5)\N=C\NCC4)CC3)CC2)cc1C=O. The van der Waals surface area contributed by atoms with Crippen LogP contribution < -0.4 is 25.0 Å². The number of likely N-dealkylation sites (N-methyl/N-ethyl adjacent to an activating group) is 2. The number of piperidine rings is 2. The normalized spacial score (nSPS) is 19.0. The summed E-state index contributed by atoms with van der Waals surface area (Å²) in [5.41, 5.74) is 4.24. The van der Waals surface area contributed by atoms with Crippen molar-refractivity contribution >= 4 is 65.8 Å². The summed E-state index contributed by atoms with van der Waals surface area (Å²) in [5.74, 6) is 1.13. The molecular weight excluding hydrogens is 916 g/mol. The second-order valence-electron chi connectivity index (χ2n) is 18.8. The maximum absolute atomic E-state index is 13.5. The lowest BCUT2D eigenvalue weighted by molar-refractivity contribution is -0.125. The topological polar surface area (TPSA) is 169 Å².